The summed E-state index contributed by atoms with van der Waals surface area (Å²) in [7, 11) is 1.27. The van der Waals surface area contributed by atoms with Gasteiger partial charge in [-0.05, 0) is 13.0 Å². The molecule has 0 saturated carbocycles. The van der Waals surface area contributed by atoms with Crippen molar-refractivity contribution in [1.82, 2.24) is 5.43 Å². The van der Waals surface area contributed by atoms with E-state index in [1.165, 1.54) is 13.3 Å². The van der Waals surface area contributed by atoms with Gasteiger partial charge in [0.25, 0.3) is 0 Å². The SMILES string of the molecule is COC(=O)N/N=C/CCN. The first-order chi connectivity index (χ1) is 4.81. The lowest BCUT2D eigenvalue weighted by Gasteiger charge is -1.93. The molecule has 0 rings (SSSR count). The molecule has 0 aromatic carbocycles. The highest BCUT2D eigenvalue weighted by Crippen LogP contribution is 1.70. The molecule has 0 unspecified atom stereocenters. The molecule has 0 aliphatic rings. The zero-order chi connectivity index (χ0) is 7.82. The van der Waals surface area contributed by atoms with Crippen molar-refractivity contribution in [1.29, 1.82) is 0 Å². The molecule has 0 heterocycles. The highest BCUT2D eigenvalue weighted by atomic mass is 16.5. The number of hydrogen-bond acceptors (Lipinski definition) is 4. The van der Waals surface area contributed by atoms with Crippen LogP contribution in [-0.2, 0) is 4.74 Å². The standard InChI is InChI=1S/C5H11N3O2/c1-10-5(9)8-7-4-2-3-6/h4H,2-3,6H2,1H3,(H,8,9)/b7-4+. The topological polar surface area (TPSA) is 76.7 Å². The number of nitrogens with one attached hydrogen (secondary N) is 1. The molecule has 58 valence electrons. The second-order valence-corrected chi connectivity index (χ2v) is 1.49. The average Bonchev–Trinajstić information content (AvgIpc) is 1.98. The molecule has 0 fully saturated rings. The number of hydrazone groups is 1. The Morgan fingerprint density at radius 3 is 3.10 bits per heavy atom. The predicted octanol–water partition coefficient (Wildman–Crippen LogP) is -0.323. The van der Waals surface area contributed by atoms with Gasteiger partial charge in [0.05, 0.1) is 7.11 Å². The van der Waals surface area contributed by atoms with Crippen LogP contribution in [0.3, 0.4) is 0 Å². The van der Waals surface area contributed by atoms with Crippen molar-refractivity contribution in [2.75, 3.05) is 13.7 Å². The lowest BCUT2D eigenvalue weighted by atomic mass is 10.5. The van der Waals surface area contributed by atoms with Gasteiger partial charge in [-0.1, -0.05) is 0 Å². The summed E-state index contributed by atoms with van der Waals surface area (Å²) in [6.07, 6.45) is 1.58. The van der Waals surface area contributed by atoms with Crippen molar-refractivity contribution < 1.29 is 9.53 Å². The Bertz CT molecular complexity index is 124. The van der Waals surface area contributed by atoms with Crippen LogP contribution >= 0.6 is 0 Å². The molecule has 5 nitrogen and oxygen atoms in total. The number of carbonyl (C=O) groups is 1. The highest BCUT2D eigenvalue weighted by molar-refractivity contribution is 5.68. The largest absolute Gasteiger partial charge is 0.452 e. The summed E-state index contributed by atoms with van der Waals surface area (Å²) >= 11 is 0. The molecule has 0 aromatic rings. The van der Waals surface area contributed by atoms with Crippen LogP contribution in [0.1, 0.15) is 6.42 Å². The summed E-state index contributed by atoms with van der Waals surface area (Å²) in [6, 6.07) is 0. The average molecular weight is 145 g/mol. The van der Waals surface area contributed by atoms with Gasteiger partial charge in [-0.15, -0.1) is 0 Å². The minimum Gasteiger partial charge on any atom is -0.452 e. The Labute approximate surface area is 59.2 Å². The van der Waals surface area contributed by atoms with Crippen molar-refractivity contribution in [3.05, 3.63) is 0 Å². The first-order valence-electron chi connectivity index (χ1n) is 2.86. The third kappa shape index (κ3) is 5.04. The smallest absolute Gasteiger partial charge is 0.427 e. The van der Waals surface area contributed by atoms with Crippen molar-refractivity contribution in [2.45, 2.75) is 6.42 Å². The molecule has 1 amide bonds. The van der Waals surface area contributed by atoms with E-state index in [4.69, 9.17) is 5.73 Å². The van der Waals surface area contributed by atoms with Gasteiger partial charge in [0.15, 0.2) is 0 Å². The lowest BCUT2D eigenvalue weighted by Crippen LogP contribution is -2.16. The van der Waals surface area contributed by atoms with Crippen LogP contribution in [0, 0.1) is 0 Å². The van der Waals surface area contributed by atoms with E-state index in [0.29, 0.717) is 13.0 Å². The van der Waals surface area contributed by atoms with E-state index in [9.17, 15) is 4.79 Å². The second-order valence-electron chi connectivity index (χ2n) is 1.49. The molecule has 0 atom stereocenters. The molecule has 5 heteroatoms. The Morgan fingerprint density at radius 2 is 2.60 bits per heavy atom. The number of hydrogen-bond donors (Lipinski definition) is 2. The minimum absolute atomic E-state index is 0.520. The monoisotopic (exact) mass is 145 g/mol. The van der Waals surface area contributed by atoms with Gasteiger partial charge in [-0.2, -0.15) is 5.10 Å². The number of amides is 1. The van der Waals surface area contributed by atoms with Crippen LogP contribution in [0.25, 0.3) is 0 Å². The van der Waals surface area contributed by atoms with E-state index in [-0.39, 0.29) is 0 Å². The molecular weight excluding hydrogens is 134 g/mol. The summed E-state index contributed by atoms with van der Waals surface area (Å²) in [5.41, 5.74) is 7.26. The number of methoxy groups -OCH3 is 1. The van der Waals surface area contributed by atoms with Crippen LogP contribution < -0.4 is 11.2 Å². The van der Waals surface area contributed by atoms with Crippen molar-refractivity contribution in [3.8, 4) is 0 Å². The Hall–Kier alpha value is -1.10. The van der Waals surface area contributed by atoms with Gasteiger partial charge >= 0.3 is 6.09 Å². The van der Waals surface area contributed by atoms with Gasteiger partial charge in [0.2, 0.25) is 0 Å². The second kappa shape index (κ2) is 6.03. The molecule has 3 N–H and O–H groups in total. The van der Waals surface area contributed by atoms with E-state index in [1.807, 2.05) is 0 Å². The number of ether oxygens (including phenoxy) is 1. The van der Waals surface area contributed by atoms with Crippen LogP contribution in [0.4, 0.5) is 4.79 Å². The van der Waals surface area contributed by atoms with E-state index < -0.39 is 6.09 Å². The minimum atomic E-state index is -0.576. The van der Waals surface area contributed by atoms with Crippen molar-refractivity contribution in [2.24, 2.45) is 10.8 Å². The molecule has 0 aromatic heterocycles. The van der Waals surface area contributed by atoms with E-state index in [0.717, 1.165) is 0 Å². The lowest BCUT2D eigenvalue weighted by molar-refractivity contribution is 0.171. The Balaban J connectivity index is 3.25. The maximum atomic E-state index is 10.3. The fourth-order valence-electron chi connectivity index (χ4n) is 0.283. The summed E-state index contributed by atoms with van der Waals surface area (Å²) in [6.45, 7) is 0.520. The first kappa shape index (κ1) is 8.90. The van der Waals surface area contributed by atoms with Crippen LogP contribution in [0.15, 0.2) is 5.10 Å². The van der Waals surface area contributed by atoms with Gasteiger partial charge in [0, 0.05) is 6.21 Å². The summed E-state index contributed by atoms with van der Waals surface area (Å²) < 4.78 is 4.24. The third-order valence-electron chi connectivity index (χ3n) is 0.728. The summed E-state index contributed by atoms with van der Waals surface area (Å²) in [5.74, 6) is 0. The zero-order valence-electron chi connectivity index (χ0n) is 5.83. The van der Waals surface area contributed by atoms with Gasteiger partial charge < -0.3 is 10.5 Å². The molecule has 0 aliphatic heterocycles. The fraction of sp³-hybridized carbons (Fsp3) is 0.600. The molecule has 0 bridgehead atoms. The summed E-state index contributed by atoms with van der Waals surface area (Å²) in [5, 5.41) is 3.50. The van der Waals surface area contributed by atoms with Crippen LogP contribution in [0.5, 0.6) is 0 Å². The van der Waals surface area contributed by atoms with E-state index in [1.54, 1.807) is 0 Å². The van der Waals surface area contributed by atoms with E-state index >= 15 is 0 Å². The van der Waals surface area contributed by atoms with Crippen LogP contribution in [0.2, 0.25) is 0 Å². The molecular formula is C5H11N3O2. The summed E-state index contributed by atoms with van der Waals surface area (Å²) in [4.78, 5) is 10.3. The fourth-order valence-corrected chi connectivity index (χ4v) is 0.283. The maximum Gasteiger partial charge on any atom is 0.427 e. The molecule has 0 spiro atoms. The number of nitrogens with zero attached hydrogens (tertiary/aromatic N) is 1. The quantitative estimate of drug-likeness (QED) is 0.422. The van der Waals surface area contributed by atoms with Crippen LogP contribution in [-0.4, -0.2) is 26.0 Å². The Kier molecular flexibility index (Phi) is 5.36. The first-order valence-corrected chi connectivity index (χ1v) is 2.86. The molecule has 10 heavy (non-hydrogen) atoms. The highest BCUT2D eigenvalue weighted by Gasteiger charge is 1.90. The van der Waals surface area contributed by atoms with Crippen molar-refractivity contribution >= 4 is 12.3 Å². The van der Waals surface area contributed by atoms with Gasteiger partial charge in [0.1, 0.15) is 0 Å². The molecule has 0 aliphatic carbocycles. The third-order valence-corrected chi connectivity index (χ3v) is 0.728. The zero-order valence-corrected chi connectivity index (χ0v) is 5.83. The molecule has 0 saturated heterocycles. The number of nitrogens with two attached hydrogens (primary N) is 1. The number of rotatable bonds is 3. The predicted molar refractivity (Wildman–Crippen MR) is 37.7 cm³/mol. The van der Waals surface area contributed by atoms with E-state index in [2.05, 4.69) is 15.3 Å². The maximum absolute atomic E-state index is 10.3. The Morgan fingerprint density at radius 1 is 1.90 bits per heavy atom. The van der Waals surface area contributed by atoms with Gasteiger partial charge in [-0.25, -0.2) is 10.2 Å². The molecule has 0 radical (unpaired) electrons. The van der Waals surface area contributed by atoms with Crippen molar-refractivity contribution in [3.63, 3.8) is 0 Å². The number of carbonyl (C=O) groups excluding carboxylic acids is 1. The van der Waals surface area contributed by atoms with Gasteiger partial charge in [-0.3, -0.25) is 0 Å². The normalized spacial score (nSPS) is 9.80.